The molecule has 0 saturated heterocycles. The first-order valence-corrected chi connectivity index (χ1v) is 12.2. The van der Waals surface area contributed by atoms with Gasteiger partial charge in [-0.15, -0.1) is 0 Å². The highest BCUT2D eigenvalue weighted by molar-refractivity contribution is 5.85. The number of nitrogens with one attached hydrogen (secondary N) is 3. The molecule has 0 spiro atoms. The number of hydrogen-bond acceptors (Lipinski definition) is 6. The van der Waals surface area contributed by atoms with Gasteiger partial charge in [0.25, 0.3) is 0 Å². The minimum Gasteiger partial charge on any atom is -0.493 e. The molecule has 1 aromatic carbocycles. The highest BCUT2D eigenvalue weighted by Gasteiger charge is 2.33. The minimum absolute atomic E-state index is 0.0146. The molecule has 0 radical (unpaired) electrons. The summed E-state index contributed by atoms with van der Waals surface area (Å²) in [6.45, 7) is 0.598. The Morgan fingerprint density at radius 1 is 1.06 bits per heavy atom. The van der Waals surface area contributed by atoms with Crippen molar-refractivity contribution in [2.75, 3.05) is 24.3 Å². The third-order valence-corrected chi connectivity index (χ3v) is 6.79. The molecule has 1 aliphatic carbocycles. The van der Waals surface area contributed by atoms with Gasteiger partial charge >= 0.3 is 0 Å². The van der Waals surface area contributed by atoms with Crippen LogP contribution in [0.25, 0.3) is 5.82 Å². The van der Waals surface area contributed by atoms with Gasteiger partial charge in [-0.2, -0.15) is 9.97 Å². The third-order valence-electron chi connectivity index (χ3n) is 6.79. The summed E-state index contributed by atoms with van der Waals surface area (Å²) in [7, 11) is 1.80. The number of benzene rings is 1. The van der Waals surface area contributed by atoms with Gasteiger partial charge in [0, 0.05) is 37.5 Å². The molecule has 1 saturated carbocycles. The Balaban J connectivity index is 1.41. The van der Waals surface area contributed by atoms with Crippen LogP contribution in [0.5, 0.6) is 5.75 Å². The average molecular weight is 461 g/mol. The number of carbonyl (C=O) groups excluding carboxylic acids is 1. The van der Waals surface area contributed by atoms with E-state index in [2.05, 4.69) is 25.9 Å². The standard InChI is InChI=1S/C26H32N6O2/c1-27-26-30-22(17-23(31-26)32-14-7-8-15-32)29-24(18-9-3-2-4-10-18)25(33)28-20-13-16-34-21-12-6-5-11-19(20)21/h5-8,11-12,14-15,17-18,20,24H,2-4,9-10,13,16H2,1H3,(H,28,33)(H2,27,29,30,31). The predicted octanol–water partition coefficient (Wildman–Crippen LogP) is 4.31. The summed E-state index contributed by atoms with van der Waals surface area (Å²) < 4.78 is 7.72. The lowest BCUT2D eigenvalue weighted by atomic mass is 9.83. The minimum atomic E-state index is -0.368. The summed E-state index contributed by atoms with van der Waals surface area (Å²) in [6.07, 6.45) is 10.2. The number of para-hydroxylation sites is 1. The van der Waals surface area contributed by atoms with Gasteiger partial charge in [0.1, 0.15) is 23.4 Å². The van der Waals surface area contributed by atoms with Crippen molar-refractivity contribution in [2.24, 2.45) is 5.92 Å². The Kier molecular flexibility index (Phi) is 6.65. The fourth-order valence-electron chi connectivity index (χ4n) is 5.02. The number of hydrogen-bond donors (Lipinski definition) is 3. The van der Waals surface area contributed by atoms with Crippen molar-refractivity contribution < 1.29 is 9.53 Å². The molecule has 34 heavy (non-hydrogen) atoms. The molecular formula is C26H32N6O2. The quantitative estimate of drug-likeness (QED) is 0.487. The van der Waals surface area contributed by atoms with Crippen LogP contribution in [0.4, 0.5) is 11.8 Å². The van der Waals surface area contributed by atoms with Gasteiger partial charge in [-0.25, -0.2) is 0 Å². The van der Waals surface area contributed by atoms with E-state index in [-0.39, 0.29) is 23.9 Å². The molecule has 1 aliphatic heterocycles. The van der Waals surface area contributed by atoms with E-state index >= 15 is 0 Å². The smallest absolute Gasteiger partial charge is 0.243 e. The van der Waals surface area contributed by atoms with Crippen molar-refractivity contribution in [1.82, 2.24) is 19.9 Å². The van der Waals surface area contributed by atoms with Crippen LogP contribution in [-0.4, -0.2) is 40.1 Å². The van der Waals surface area contributed by atoms with Crippen LogP contribution in [0.15, 0.2) is 54.9 Å². The summed E-state index contributed by atoms with van der Waals surface area (Å²) in [5.41, 5.74) is 1.04. The number of amides is 1. The van der Waals surface area contributed by atoms with Crippen molar-refractivity contribution in [1.29, 1.82) is 0 Å². The number of carbonyl (C=O) groups is 1. The fraction of sp³-hybridized carbons (Fsp3) is 0.423. The van der Waals surface area contributed by atoms with Crippen molar-refractivity contribution in [3.05, 3.63) is 60.4 Å². The molecule has 3 N–H and O–H groups in total. The summed E-state index contributed by atoms with van der Waals surface area (Å²) in [5, 5.41) is 9.85. The van der Waals surface area contributed by atoms with Gasteiger partial charge < -0.3 is 25.3 Å². The molecule has 3 aromatic rings. The zero-order valence-electron chi connectivity index (χ0n) is 19.5. The maximum absolute atomic E-state index is 13.7. The van der Waals surface area contributed by atoms with E-state index in [1.807, 2.05) is 59.4 Å². The summed E-state index contributed by atoms with van der Waals surface area (Å²) in [6, 6.07) is 13.3. The predicted molar refractivity (Wildman–Crippen MR) is 132 cm³/mol. The molecule has 3 heterocycles. The molecule has 8 nitrogen and oxygen atoms in total. The first-order valence-electron chi connectivity index (χ1n) is 12.2. The largest absolute Gasteiger partial charge is 0.493 e. The zero-order valence-corrected chi connectivity index (χ0v) is 19.5. The SMILES string of the molecule is CNc1nc(NC(C(=O)NC2CCOc3ccccc32)C2CCCCC2)cc(-n2cccc2)n1. The van der Waals surface area contributed by atoms with E-state index in [9.17, 15) is 4.79 Å². The Hall–Kier alpha value is -3.55. The van der Waals surface area contributed by atoms with Crippen molar-refractivity contribution in [3.8, 4) is 11.6 Å². The van der Waals surface area contributed by atoms with Crippen LogP contribution >= 0.6 is 0 Å². The van der Waals surface area contributed by atoms with Crippen molar-refractivity contribution in [3.63, 3.8) is 0 Å². The van der Waals surface area contributed by atoms with Crippen LogP contribution in [0, 0.1) is 5.92 Å². The monoisotopic (exact) mass is 460 g/mol. The molecule has 2 aliphatic rings. The molecule has 178 valence electrons. The first-order chi connectivity index (χ1) is 16.7. The lowest BCUT2D eigenvalue weighted by molar-refractivity contribution is -0.124. The summed E-state index contributed by atoms with van der Waals surface area (Å²) in [4.78, 5) is 22.9. The molecule has 2 aromatic heterocycles. The average Bonchev–Trinajstić information content (AvgIpc) is 3.43. The fourth-order valence-corrected chi connectivity index (χ4v) is 5.02. The van der Waals surface area contributed by atoms with Crippen LogP contribution in [0.2, 0.25) is 0 Å². The second kappa shape index (κ2) is 10.2. The number of anilines is 2. The van der Waals surface area contributed by atoms with E-state index < -0.39 is 0 Å². The summed E-state index contributed by atoms with van der Waals surface area (Å²) >= 11 is 0. The maximum atomic E-state index is 13.7. The Bertz CT molecular complexity index is 1110. The molecular weight excluding hydrogens is 428 g/mol. The number of ether oxygens (including phenoxy) is 1. The third kappa shape index (κ3) is 4.85. The van der Waals surface area contributed by atoms with Crippen LogP contribution in [0.3, 0.4) is 0 Å². The number of nitrogens with zero attached hydrogens (tertiary/aromatic N) is 3. The highest BCUT2D eigenvalue weighted by Crippen LogP contribution is 2.33. The van der Waals surface area contributed by atoms with Crippen molar-refractivity contribution in [2.45, 2.75) is 50.6 Å². The molecule has 1 amide bonds. The highest BCUT2D eigenvalue weighted by atomic mass is 16.5. The maximum Gasteiger partial charge on any atom is 0.243 e. The van der Waals surface area contributed by atoms with Gasteiger partial charge in [-0.3, -0.25) is 4.79 Å². The number of fused-ring (bicyclic) bond motifs is 1. The second-order valence-electron chi connectivity index (χ2n) is 9.03. The lowest BCUT2D eigenvalue weighted by Crippen LogP contribution is -2.47. The number of rotatable bonds is 7. The normalized spacial score (nSPS) is 18.9. The van der Waals surface area contributed by atoms with Crippen LogP contribution < -0.4 is 20.7 Å². The first kappa shape index (κ1) is 22.3. The Morgan fingerprint density at radius 2 is 1.85 bits per heavy atom. The molecule has 5 rings (SSSR count). The van der Waals surface area contributed by atoms with E-state index in [1.165, 1.54) is 6.42 Å². The number of aromatic nitrogens is 3. The van der Waals surface area contributed by atoms with E-state index in [0.29, 0.717) is 18.4 Å². The van der Waals surface area contributed by atoms with Crippen molar-refractivity contribution >= 4 is 17.7 Å². The lowest BCUT2D eigenvalue weighted by Gasteiger charge is -2.33. The van der Waals surface area contributed by atoms with E-state index in [1.54, 1.807) is 7.05 Å². The Morgan fingerprint density at radius 3 is 2.65 bits per heavy atom. The molecule has 0 bridgehead atoms. The van der Waals surface area contributed by atoms with Gasteiger partial charge in [0.2, 0.25) is 11.9 Å². The molecule has 2 atom stereocenters. The van der Waals surface area contributed by atoms with E-state index in [4.69, 9.17) is 4.74 Å². The van der Waals surface area contributed by atoms with Crippen LogP contribution in [0.1, 0.15) is 50.1 Å². The second-order valence-corrected chi connectivity index (χ2v) is 9.03. The Labute approximate surface area is 200 Å². The van der Waals surface area contributed by atoms with Gasteiger partial charge in [-0.05, 0) is 37.0 Å². The molecule has 1 fully saturated rings. The summed E-state index contributed by atoms with van der Waals surface area (Å²) in [5.74, 6) is 3.02. The molecule has 2 unspecified atom stereocenters. The van der Waals surface area contributed by atoms with Gasteiger partial charge in [-0.1, -0.05) is 37.5 Å². The topological polar surface area (TPSA) is 93.1 Å². The van der Waals surface area contributed by atoms with Crippen LogP contribution in [-0.2, 0) is 4.79 Å². The van der Waals surface area contributed by atoms with E-state index in [0.717, 1.165) is 49.2 Å². The zero-order chi connectivity index (χ0) is 23.3. The molecule has 8 heteroatoms. The van der Waals surface area contributed by atoms with Gasteiger partial charge in [0.05, 0.1) is 12.6 Å². The van der Waals surface area contributed by atoms with Gasteiger partial charge in [0.15, 0.2) is 0 Å².